The molecule has 2 unspecified atom stereocenters. The van der Waals surface area contributed by atoms with Crippen molar-refractivity contribution in [1.29, 1.82) is 0 Å². The topological polar surface area (TPSA) is 237 Å². The molecule has 0 radical (unpaired) electrons. The maximum atomic E-state index is 13.1. The average molecular weight is 1410 g/mol. The number of hydrogen-bond acceptors (Lipinski definition) is 15. The first-order valence-corrected chi connectivity index (χ1v) is 43.1. The smallest absolute Gasteiger partial charge is 0.462 e. The maximum Gasteiger partial charge on any atom is 0.472 e. The van der Waals surface area contributed by atoms with Crippen LogP contribution in [0, 0.1) is 5.92 Å². The van der Waals surface area contributed by atoms with E-state index >= 15 is 0 Å². The van der Waals surface area contributed by atoms with Gasteiger partial charge in [0, 0.05) is 25.7 Å². The lowest BCUT2D eigenvalue weighted by Crippen LogP contribution is -2.30. The van der Waals surface area contributed by atoms with Crippen molar-refractivity contribution in [2.75, 3.05) is 39.6 Å². The van der Waals surface area contributed by atoms with Gasteiger partial charge in [-0.3, -0.25) is 37.3 Å². The highest BCUT2D eigenvalue weighted by atomic mass is 31.2. The molecule has 0 heterocycles. The van der Waals surface area contributed by atoms with Crippen LogP contribution in [0.5, 0.6) is 0 Å². The fourth-order valence-corrected chi connectivity index (χ4v) is 13.5. The van der Waals surface area contributed by atoms with Gasteiger partial charge >= 0.3 is 39.5 Å². The molecule has 0 spiro atoms. The summed E-state index contributed by atoms with van der Waals surface area (Å²) in [6.45, 7) is 7.21. The maximum absolute atomic E-state index is 13.1. The van der Waals surface area contributed by atoms with Crippen LogP contribution >= 0.6 is 15.6 Å². The quantitative estimate of drug-likeness (QED) is 0.0222. The first-order valence-electron chi connectivity index (χ1n) is 40.1. The molecule has 0 bridgehead atoms. The van der Waals surface area contributed by atoms with Gasteiger partial charge < -0.3 is 33.8 Å². The first-order chi connectivity index (χ1) is 46.5. The molecule has 0 fully saturated rings. The second kappa shape index (κ2) is 70.1. The van der Waals surface area contributed by atoms with E-state index in [4.69, 9.17) is 37.0 Å². The molecule has 17 nitrogen and oxygen atoms in total. The molecule has 0 aliphatic carbocycles. The summed E-state index contributed by atoms with van der Waals surface area (Å²) in [6.07, 6.45) is 59.9. The van der Waals surface area contributed by atoms with Gasteiger partial charge in [-0.2, -0.15) is 0 Å². The number of aliphatic hydroxyl groups is 1. The van der Waals surface area contributed by atoms with E-state index in [2.05, 4.69) is 34.6 Å². The molecule has 0 amide bonds. The molecule has 0 aromatic heterocycles. The van der Waals surface area contributed by atoms with Crippen LogP contribution in [0.15, 0.2) is 0 Å². The Morgan fingerprint density at radius 2 is 0.479 bits per heavy atom. The number of phosphoric ester groups is 2. The number of unbranched alkanes of at least 4 members (excludes halogenated alkanes) is 49. The summed E-state index contributed by atoms with van der Waals surface area (Å²) >= 11 is 0. The fraction of sp³-hybridized carbons (Fsp3) is 0.948. The Labute approximate surface area is 588 Å². The first kappa shape index (κ1) is 94.1. The fourth-order valence-electron chi connectivity index (χ4n) is 11.9. The molecule has 570 valence electrons. The van der Waals surface area contributed by atoms with Gasteiger partial charge in [0.1, 0.15) is 19.3 Å². The molecule has 0 aliphatic heterocycles. The Bertz CT molecular complexity index is 1840. The lowest BCUT2D eigenvalue weighted by Gasteiger charge is -2.21. The number of aliphatic hydroxyl groups excluding tert-OH is 1. The van der Waals surface area contributed by atoms with E-state index in [1.165, 1.54) is 225 Å². The van der Waals surface area contributed by atoms with Crippen molar-refractivity contribution in [3.05, 3.63) is 0 Å². The number of ether oxygens (including phenoxy) is 4. The van der Waals surface area contributed by atoms with E-state index in [0.717, 1.165) is 96.3 Å². The van der Waals surface area contributed by atoms with E-state index in [0.29, 0.717) is 31.6 Å². The molecule has 0 saturated heterocycles. The van der Waals surface area contributed by atoms with Gasteiger partial charge in [0.15, 0.2) is 12.2 Å². The molecule has 19 heteroatoms. The Hall–Kier alpha value is -1.94. The van der Waals surface area contributed by atoms with Crippen LogP contribution in [0.4, 0.5) is 0 Å². The van der Waals surface area contributed by atoms with Crippen LogP contribution in [0.3, 0.4) is 0 Å². The van der Waals surface area contributed by atoms with E-state index in [-0.39, 0.29) is 25.7 Å². The molecule has 3 N–H and O–H groups in total. The van der Waals surface area contributed by atoms with Crippen LogP contribution < -0.4 is 0 Å². The molecule has 0 aliphatic rings. The zero-order valence-corrected chi connectivity index (χ0v) is 64.3. The zero-order valence-electron chi connectivity index (χ0n) is 62.5. The summed E-state index contributed by atoms with van der Waals surface area (Å²) in [7, 11) is -9.91. The van der Waals surface area contributed by atoms with Crippen molar-refractivity contribution in [3.63, 3.8) is 0 Å². The second-order valence-electron chi connectivity index (χ2n) is 28.2. The van der Waals surface area contributed by atoms with Crippen molar-refractivity contribution >= 4 is 39.5 Å². The summed E-state index contributed by atoms with van der Waals surface area (Å²) in [4.78, 5) is 72.8. The molecule has 0 rings (SSSR count). The summed E-state index contributed by atoms with van der Waals surface area (Å²) in [6, 6.07) is 0. The minimum Gasteiger partial charge on any atom is -0.462 e. The number of phosphoric acid groups is 2. The number of esters is 4. The van der Waals surface area contributed by atoms with E-state index in [1.54, 1.807) is 0 Å². The van der Waals surface area contributed by atoms with Gasteiger partial charge in [-0.1, -0.05) is 356 Å². The van der Waals surface area contributed by atoms with Gasteiger partial charge in [-0.15, -0.1) is 0 Å². The normalized spacial score (nSPS) is 13.9. The third kappa shape index (κ3) is 70.5. The second-order valence-corrected chi connectivity index (χ2v) is 31.1. The van der Waals surface area contributed by atoms with Crippen molar-refractivity contribution in [1.82, 2.24) is 0 Å². The third-order valence-electron chi connectivity index (χ3n) is 18.0. The molecular formula is C77H150O17P2. The van der Waals surface area contributed by atoms with E-state index in [1.807, 2.05) is 0 Å². The molecule has 0 saturated carbocycles. The highest BCUT2D eigenvalue weighted by molar-refractivity contribution is 7.47. The van der Waals surface area contributed by atoms with Crippen molar-refractivity contribution in [2.24, 2.45) is 5.92 Å². The van der Waals surface area contributed by atoms with Crippen molar-refractivity contribution in [2.45, 2.75) is 425 Å². The van der Waals surface area contributed by atoms with Gasteiger partial charge in [-0.05, 0) is 31.6 Å². The van der Waals surface area contributed by atoms with E-state index in [9.17, 15) is 43.2 Å². The summed E-state index contributed by atoms with van der Waals surface area (Å²) in [5.74, 6) is -1.43. The van der Waals surface area contributed by atoms with E-state index < -0.39 is 97.5 Å². The van der Waals surface area contributed by atoms with Crippen LogP contribution in [0.1, 0.15) is 407 Å². The number of hydrogen-bond donors (Lipinski definition) is 3. The monoisotopic (exact) mass is 1410 g/mol. The minimum atomic E-state index is -4.96. The number of carbonyl (C=O) groups excluding carboxylic acids is 4. The average Bonchev–Trinajstić information content (AvgIpc) is 1.19. The molecule has 5 atom stereocenters. The number of carbonyl (C=O) groups is 4. The SMILES string of the molecule is CCCCCCCCCCCCCCCCCCCCCCC(=O)O[C@H](COC(=O)CCCCCCCCCCCCCCCCCC)COP(=O)(O)OC[C@@H](O)COP(=O)(O)OC[C@@H](COC(=O)CCCCCCCCC(C)C)OC(=O)CCCCCCCCCCCCC. The Morgan fingerprint density at radius 3 is 0.708 bits per heavy atom. The lowest BCUT2D eigenvalue weighted by atomic mass is 10.0. The summed E-state index contributed by atoms with van der Waals surface area (Å²) in [5, 5.41) is 10.6. The molecule has 0 aromatic rings. The predicted octanol–water partition coefficient (Wildman–Crippen LogP) is 22.9. The Balaban J connectivity index is 5.20. The highest BCUT2D eigenvalue weighted by Crippen LogP contribution is 2.45. The van der Waals surface area contributed by atoms with Crippen LogP contribution in [-0.4, -0.2) is 96.7 Å². The third-order valence-corrected chi connectivity index (χ3v) is 19.9. The molecule has 0 aromatic carbocycles. The van der Waals surface area contributed by atoms with Crippen LogP contribution in [-0.2, 0) is 65.4 Å². The molecule has 96 heavy (non-hydrogen) atoms. The van der Waals surface area contributed by atoms with Crippen LogP contribution in [0.25, 0.3) is 0 Å². The number of rotatable bonds is 77. The Morgan fingerprint density at radius 1 is 0.281 bits per heavy atom. The van der Waals surface area contributed by atoms with Gasteiger partial charge in [-0.25, -0.2) is 9.13 Å². The van der Waals surface area contributed by atoms with Crippen LogP contribution in [0.2, 0.25) is 0 Å². The van der Waals surface area contributed by atoms with Gasteiger partial charge in [0.2, 0.25) is 0 Å². The largest absolute Gasteiger partial charge is 0.472 e. The highest BCUT2D eigenvalue weighted by Gasteiger charge is 2.30. The standard InChI is InChI=1S/C77H150O17P2/c1-6-9-12-15-18-21-24-26-28-30-31-32-33-35-37-40-43-46-53-58-63-77(82)93-72(66-87-74(79)60-55-50-44-41-39-36-34-29-27-25-22-19-16-13-10-7-2)68-91-95(83,84)89-64-71(78)65-90-96(85,86)92-69-73(67-88-75(80)61-56-51-48-47-49-54-59-70(4)5)94-76(81)62-57-52-45-42-38-23-20-17-14-11-8-3/h70-73,78H,6-69H2,1-5H3,(H,83,84)(H,85,86)/t71-,72-,73-/m1/s1. The van der Waals surface area contributed by atoms with Crippen molar-refractivity contribution < 1.29 is 80.2 Å². The summed E-state index contributed by atoms with van der Waals surface area (Å²) < 4.78 is 68.5. The zero-order chi connectivity index (χ0) is 70.5. The van der Waals surface area contributed by atoms with Gasteiger partial charge in [0.25, 0.3) is 0 Å². The Kier molecular flexibility index (Phi) is 68.7. The predicted molar refractivity (Wildman–Crippen MR) is 391 cm³/mol. The van der Waals surface area contributed by atoms with Gasteiger partial charge in [0.05, 0.1) is 26.4 Å². The molecular weight excluding hydrogens is 1260 g/mol. The van der Waals surface area contributed by atoms with Crippen molar-refractivity contribution in [3.8, 4) is 0 Å². The minimum absolute atomic E-state index is 0.106. The lowest BCUT2D eigenvalue weighted by molar-refractivity contribution is -0.161. The summed E-state index contributed by atoms with van der Waals surface area (Å²) in [5.41, 5.74) is 0.